The Bertz CT molecular complexity index is 1650. The first kappa shape index (κ1) is 32.2. The van der Waals surface area contributed by atoms with Crippen LogP contribution >= 0.6 is 0 Å². The quantitative estimate of drug-likeness (QED) is 0.0806. The van der Waals surface area contributed by atoms with Crippen LogP contribution in [0.3, 0.4) is 0 Å². The normalized spacial score (nSPS) is 17.1. The molecule has 3 atom stereocenters. The Hall–Kier alpha value is -5.22. The molecule has 1 aliphatic rings. The van der Waals surface area contributed by atoms with Crippen molar-refractivity contribution >= 4 is 40.1 Å². The summed E-state index contributed by atoms with van der Waals surface area (Å²) in [6, 6.07) is 31.6. The molecule has 0 radical (unpaired) electrons. The minimum Gasteiger partial charge on any atom is -0.370 e. The average Bonchev–Trinajstić information content (AvgIpc) is 3.22. The van der Waals surface area contributed by atoms with E-state index in [1.54, 1.807) is 4.90 Å². The summed E-state index contributed by atoms with van der Waals surface area (Å²) in [4.78, 5) is 42.5. The third-order valence-electron chi connectivity index (χ3n) is 8.26. The number of benzene rings is 4. The van der Waals surface area contributed by atoms with Crippen molar-refractivity contribution in [2.45, 2.75) is 37.3 Å². The van der Waals surface area contributed by atoms with Gasteiger partial charge < -0.3 is 31.9 Å². The maximum atomic E-state index is 14.0. The Morgan fingerprint density at radius 3 is 2.35 bits per heavy atom. The van der Waals surface area contributed by atoms with Crippen molar-refractivity contribution < 1.29 is 14.4 Å². The lowest BCUT2D eigenvalue weighted by Crippen LogP contribution is -2.49. The molecule has 1 heterocycles. The van der Waals surface area contributed by atoms with Crippen LogP contribution in [0.25, 0.3) is 10.8 Å². The SMILES string of the molecule is N=C(N)NCCC[C@@H]1N[C@H](CNC(=O)c2ccc3ccccc3c2)CCN(CC(C(=O)Nc2ccccc2)c2ccccc2)C1=O. The lowest BCUT2D eigenvalue weighted by atomic mass is 9.96. The number of para-hydroxylation sites is 1. The first-order valence-electron chi connectivity index (χ1n) is 15.7. The summed E-state index contributed by atoms with van der Waals surface area (Å²) in [6.07, 6.45) is 1.69. The number of hydrogen-bond donors (Lipinski definition) is 6. The lowest BCUT2D eigenvalue weighted by Gasteiger charge is -2.28. The number of rotatable bonds is 12. The Labute approximate surface area is 269 Å². The van der Waals surface area contributed by atoms with Crippen molar-refractivity contribution in [2.24, 2.45) is 5.73 Å². The molecule has 7 N–H and O–H groups in total. The van der Waals surface area contributed by atoms with Gasteiger partial charge in [-0.25, -0.2) is 0 Å². The van der Waals surface area contributed by atoms with Crippen LogP contribution in [0, 0.1) is 5.41 Å². The number of nitrogens with one attached hydrogen (secondary N) is 5. The number of amides is 3. The van der Waals surface area contributed by atoms with E-state index in [9.17, 15) is 14.4 Å². The highest BCUT2D eigenvalue weighted by molar-refractivity contribution is 5.99. The molecule has 5 rings (SSSR count). The Morgan fingerprint density at radius 2 is 1.61 bits per heavy atom. The van der Waals surface area contributed by atoms with Crippen LogP contribution in [0.4, 0.5) is 5.69 Å². The van der Waals surface area contributed by atoms with E-state index < -0.39 is 12.0 Å². The van der Waals surface area contributed by atoms with Gasteiger partial charge in [-0.2, -0.15) is 0 Å². The molecule has 10 nitrogen and oxygen atoms in total. The van der Waals surface area contributed by atoms with Crippen LogP contribution in [-0.2, 0) is 9.59 Å². The number of carbonyl (C=O) groups excluding carboxylic acids is 3. The molecule has 1 fully saturated rings. The second-order valence-electron chi connectivity index (χ2n) is 11.6. The number of anilines is 1. The zero-order chi connectivity index (χ0) is 32.3. The van der Waals surface area contributed by atoms with Crippen molar-refractivity contribution in [3.8, 4) is 0 Å². The summed E-state index contributed by atoms with van der Waals surface area (Å²) < 4.78 is 0. The summed E-state index contributed by atoms with van der Waals surface area (Å²) in [5, 5.41) is 21.9. The predicted molar refractivity (Wildman–Crippen MR) is 182 cm³/mol. The van der Waals surface area contributed by atoms with Crippen molar-refractivity contribution in [3.05, 3.63) is 114 Å². The molecule has 4 aromatic rings. The Balaban J connectivity index is 1.30. The summed E-state index contributed by atoms with van der Waals surface area (Å²) >= 11 is 0. The Morgan fingerprint density at radius 1 is 0.913 bits per heavy atom. The minimum absolute atomic E-state index is 0.0976. The van der Waals surface area contributed by atoms with Crippen molar-refractivity contribution in [3.63, 3.8) is 0 Å². The lowest BCUT2D eigenvalue weighted by molar-refractivity contribution is -0.133. The van der Waals surface area contributed by atoms with Gasteiger partial charge in [-0.3, -0.25) is 19.8 Å². The predicted octanol–water partition coefficient (Wildman–Crippen LogP) is 3.81. The molecular formula is C36H41N7O3. The second kappa shape index (κ2) is 15.7. The third-order valence-corrected chi connectivity index (χ3v) is 8.26. The molecule has 1 saturated heterocycles. The van der Waals surface area contributed by atoms with Crippen molar-refractivity contribution in [1.82, 2.24) is 20.9 Å². The molecule has 0 saturated carbocycles. The highest BCUT2D eigenvalue weighted by Crippen LogP contribution is 2.23. The molecule has 10 heteroatoms. The fraction of sp³-hybridized carbons (Fsp3) is 0.278. The van der Waals surface area contributed by atoms with Gasteiger partial charge >= 0.3 is 0 Å². The molecule has 3 amide bonds. The number of guanidine groups is 1. The molecular weight excluding hydrogens is 578 g/mol. The zero-order valence-corrected chi connectivity index (χ0v) is 25.7. The summed E-state index contributed by atoms with van der Waals surface area (Å²) in [7, 11) is 0. The van der Waals surface area contributed by atoms with Gasteiger partial charge in [0, 0.05) is 43.5 Å². The summed E-state index contributed by atoms with van der Waals surface area (Å²) in [6.45, 7) is 1.43. The number of nitrogens with two attached hydrogens (primary N) is 1. The van der Waals surface area contributed by atoms with E-state index in [1.165, 1.54) is 0 Å². The first-order chi connectivity index (χ1) is 22.4. The number of nitrogens with zero attached hydrogens (tertiary/aromatic N) is 1. The van der Waals surface area contributed by atoms with E-state index in [0.29, 0.717) is 50.1 Å². The number of carbonyl (C=O) groups is 3. The van der Waals surface area contributed by atoms with Gasteiger partial charge in [0.15, 0.2) is 5.96 Å². The summed E-state index contributed by atoms with van der Waals surface area (Å²) in [5.74, 6) is -1.17. The van der Waals surface area contributed by atoms with Crippen LogP contribution in [0.5, 0.6) is 0 Å². The molecule has 1 aliphatic heterocycles. The fourth-order valence-corrected chi connectivity index (χ4v) is 5.80. The monoisotopic (exact) mass is 619 g/mol. The first-order valence-corrected chi connectivity index (χ1v) is 15.7. The van der Waals surface area contributed by atoms with E-state index >= 15 is 0 Å². The standard InChI is InChI=1S/C36H41N7O3/c37-36(38)39-20-9-16-32-35(46)43(24-31(26-11-3-1-4-12-26)34(45)42-29-14-5-2-6-15-29)21-19-30(41-32)23-40-33(44)28-18-17-25-10-7-8-13-27(25)22-28/h1-8,10-15,17-18,22,30-32,41H,9,16,19-21,23-24H2,(H,40,44)(H,42,45)(H4,37,38,39)/t30-,31?,32-/m0/s1. The number of fused-ring (bicyclic) bond motifs is 1. The van der Waals surface area contributed by atoms with E-state index in [0.717, 1.165) is 16.3 Å². The maximum Gasteiger partial charge on any atom is 0.251 e. The molecule has 46 heavy (non-hydrogen) atoms. The third kappa shape index (κ3) is 8.70. The van der Waals surface area contributed by atoms with E-state index in [4.69, 9.17) is 11.1 Å². The fourth-order valence-electron chi connectivity index (χ4n) is 5.80. The highest BCUT2D eigenvalue weighted by Gasteiger charge is 2.34. The van der Waals surface area contributed by atoms with Crippen LogP contribution in [0.15, 0.2) is 103 Å². The second-order valence-corrected chi connectivity index (χ2v) is 11.6. The van der Waals surface area contributed by atoms with E-state index in [1.807, 2.05) is 103 Å². The highest BCUT2D eigenvalue weighted by atomic mass is 16.2. The molecule has 0 spiro atoms. The zero-order valence-electron chi connectivity index (χ0n) is 25.7. The molecule has 1 unspecified atom stereocenters. The molecule has 4 aromatic carbocycles. The smallest absolute Gasteiger partial charge is 0.251 e. The molecule has 0 aliphatic carbocycles. The topological polar surface area (TPSA) is 152 Å². The van der Waals surface area contributed by atoms with Crippen molar-refractivity contribution in [2.75, 3.05) is 31.5 Å². The Kier molecular flexibility index (Phi) is 11.0. The van der Waals surface area contributed by atoms with Gasteiger partial charge in [0.05, 0.1) is 12.0 Å². The van der Waals surface area contributed by atoms with Crippen molar-refractivity contribution in [1.29, 1.82) is 5.41 Å². The van der Waals surface area contributed by atoms with Crippen LogP contribution < -0.4 is 27.0 Å². The van der Waals surface area contributed by atoms with E-state index in [2.05, 4.69) is 21.3 Å². The largest absolute Gasteiger partial charge is 0.370 e. The van der Waals surface area contributed by atoms with Gasteiger partial charge in [-0.15, -0.1) is 0 Å². The van der Waals surface area contributed by atoms with Crippen LogP contribution in [-0.4, -0.2) is 66.8 Å². The van der Waals surface area contributed by atoms with Crippen LogP contribution in [0.2, 0.25) is 0 Å². The minimum atomic E-state index is -0.588. The maximum absolute atomic E-state index is 14.0. The van der Waals surface area contributed by atoms with Gasteiger partial charge in [-0.1, -0.05) is 78.9 Å². The van der Waals surface area contributed by atoms with Gasteiger partial charge in [0.2, 0.25) is 11.8 Å². The average molecular weight is 620 g/mol. The molecule has 0 bridgehead atoms. The number of hydrogen-bond acceptors (Lipinski definition) is 5. The van der Waals surface area contributed by atoms with Gasteiger partial charge in [0.1, 0.15) is 0 Å². The van der Waals surface area contributed by atoms with E-state index in [-0.39, 0.29) is 36.3 Å². The molecule has 0 aromatic heterocycles. The van der Waals surface area contributed by atoms with Gasteiger partial charge in [-0.05, 0) is 59.9 Å². The van der Waals surface area contributed by atoms with Crippen LogP contribution in [0.1, 0.15) is 41.1 Å². The van der Waals surface area contributed by atoms with Gasteiger partial charge in [0.25, 0.3) is 5.91 Å². The summed E-state index contributed by atoms with van der Waals surface area (Å²) in [5.41, 5.74) is 7.54. The molecule has 238 valence electrons.